The Labute approximate surface area is 90.9 Å². The third-order valence-electron chi connectivity index (χ3n) is 2.50. The molecule has 0 bridgehead atoms. The number of nitrogens with zero attached hydrogens (tertiary/aromatic N) is 2. The minimum absolute atomic E-state index is 0.432. The maximum Gasteiger partial charge on any atom is 0.0957 e. The molecule has 0 saturated heterocycles. The number of aliphatic hydroxyl groups is 1. The molecule has 1 aromatic heterocycles. The fraction of sp³-hybridized carbons (Fsp3) is 0.727. The summed E-state index contributed by atoms with van der Waals surface area (Å²) in [4.78, 5) is 0. The van der Waals surface area contributed by atoms with Crippen LogP contribution in [0.3, 0.4) is 0 Å². The molecule has 4 heteroatoms. The van der Waals surface area contributed by atoms with Gasteiger partial charge in [0.15, 0.2) is 0 Å². The molecule has 0 radical (unpaired) electrons. The average Bonchev–Trinajstić information content (AvgIpc) is 2.60. The van der Waals surface area contributed by atoms with Crippen molar-refractivity contribution in [3.8, 4) is 0 Å². The molecule has 0 aromatic carbocycles. The predicted molar refractivity (Wildman–Crippen MR) is 58.7 cm³/mol. The van der Waals surface area contributed by atoms with E-state index >= 15 is 0 Å². The van der Waals surface area contributed by atoms with E-state index in [4.69, 9.17) is 4.74 Å². The molecule has 0 aliphatic carbocycles. The van der Waals surface area contributed by atoms with Crippen molar-refractivity contribution in [2.45, 2.75) is 32.3 Å². The second-order valence-electron chi connectivity index (χ2n) is 3.69. The lowest BCUT2D eigenvalue weighted by Gasteiger charge is -2.09. The molecule has 15 heavy (non-hydrogen) atoms. The van der Waals surface area contributed by atoms with E-state index in [-0.39, 0.29) is 0 Å². The van der Waals surface area contributed by atoms with E-state index in [0.717, 1.165) is 30.7 Å². The molecule has 1 rings (SSSR count). The Balaban J connectivity index is 2.56. The smallest absolute Gasteiger partial charge is 0.0957 e. The molecular formula is C11H20N2O2. The summed E-state index contributed by atoms with van der Waals surface area (Å²) in [6.07, 6.45) is 2.05. The summed E-state index contributed by atoms with van der Waals surface area (Å²) in [6.45, 7) is 2.75. The van der Waals surface area contributed by atoms with Gasteiger partial charge in [-0.1, -0.05) is 6.92 Å². The van der Waals surface area contributed by atoms with Gasteiger partial charge in [-0.3, -0.25) is 4.68 Å². The number of aryl methyl sites for hydroxylation is 2. The van der Waals surface area contributed by atoms with Crippen molar-refractivity contribution in [3.05, 3.63) is 17.5 Å². The molecule has 1 heterocycles. The van der Waals surface area contributed by atoms with E-state index in [9.17, 15) is 5.11 Å². The summed E-state index contributed by atoms with van der Waals surface area (Å²) in [5.41, 5.74) is 1.92. The van der Waals surface area contributed by atoms with Crippen LogP contribution in [0.15, 0.2) is 6.07 Å². The third-order valence-corrected chi connectivity index (χ3v) is 2.50. The van der Waals surface area contributed by atoms with Gasteiger partial charge in [-0.25, -0.2) is 0 Å². The molecule has 1 N–H and O–H groups in total. The lowest BCUT2D eigenvalue weighted by Crippen LogP contribution is -2.06. The molecule has 1 atom stereocenters. The molecule has 1 unspecified atom stereocenters. The van der Waals surface area contributed by atoms with Gasteiger partial charge in [0.2, 0.25) is 0 Å². The number of aromatic nitrogens is 2. The Kier molecular flexibility index (Phi) is 4.78. The van der Waals surface area contributed by atoms with Crippen LogP contribution >= 0.6 is 0 Å². The Hall–Kier alpha value is -0.870. The monoisotopic (exact) mass is 212 g/mol. The first-order valence-corrected chi connectivity index (χ1v) is 5.38. The minimum atomic E-state index is -0.432. The Morgan fingerprint density at radius 1 is 1.60 bits per heavy atom. The van der Waals surface area contributed by atoms with Crippen molar-refractivity contribution >= 4 is 0 Å². The molecule has 4 nitrogen and oxygen atoms in total. The molecular weight excluding hydrogens is 192 g/mol. The highest BCUT2D eigenvalue weighted by atomic mass is 16.5. The highest BCUT2D eigenvalue weighted by molar-refractivity contribution is 5.12. The molecule has 0 aliphatic rings. The van der Waals surface area contributed by atoms with E-state index in [1.54, 1.807) is 11.8 Å². The van der Waals surface area contributed by atoms with Crippen molar-refractivity contribution in [2.75, 3.05) is 13.7 Å². The molecule has 0 amide bonds. The minimum Gasteiger partial charge on any atom is -0.387 e. The Morgan fingerprint density at radius 3 is 2.87 bits per heavy atom. The van der Waals surface area contributed by atoms with Crippen LogP contribution in [-0.2, 0) is 18.2 Å². The van der Waals surface area contributed by atoms with Gasteiger partial charge in [0, 0.05) is 20.8 Å². The van der Waals surface area contributed by atoms with Crippen molar-refractivity contribution in [1.29, 1.82) is 0 Å². The predicted octanol–water partition coefficient (Wildman–Crippen LogP) is 1.44. The average molecular weight is 212 g/mol. The third kappa shape index (κ3) is 3.32. The van der Waals surface area contributed by atoms with Gasteiger partial charge >= 0.3 is 0 Å². The SMILES string of the molecule is CCc1cc(C(O)CCCOC)n(C)n1. The van der Waals surface area contributed by atoms with E-state index in [1.165, 1.54) is 0 Å². The van der Waals surface area contributed by atoms with Gasteiger partial charge in [-0.15, -0.1) is 0 Å². The number of hydrogen-bond donors (Lipinski definition) is 1. The van der Waals surface area contributed by atoms with Gasteiger partial charge in [0.05, 0.1) is 17.5 Å². The van der Waals surface area contributed by atoms with Crippen LogP contribution in [0.4, 0.5) is 0 Å². The second-order valence-corrected chi connectivity index (χ2v) is 3.69. The van der Waals surface area contributed by atoms with Gasteiger partial charge in [-0.05, 0) is 25.3 Å². The number of methoxy groups -OCH3 is 1. The van der Waals surface area contributed by atoms with Crippen molar-refractivity contribution in [2.24, 2.45) is 7.05 Å². The summed E-state index contributed by atoms with van der Waals surface area (Å²) in [5.74, 6) is 0. The van der Waals surface area contributed by atoms with Crippen LogP contribution in [0, 0.1) is 0 Å². The number of aliphatic hydroxyl groups excluding tert-OH is 1. The fourth-order valence-corrected chi connectivity index (χ4v) is 1.60. The molecule has 1 aromatic rings. The zero-order valence-corrected chi connectivity index (χ0v) is 9.73. The zero-order chi connectivity index (χ0) is 11.3. The van der Waals surface area contributed by atoms with Gasteiger partial charge in [0.25, 0.3) is 0 Å². The Bertz CT molecular complexity index is 297. The van der Waals surface area contributed by atoms with E-state index in [1.807, 2.05) is 13.1 Å². The lowest BCUT2D eigenvalue weighted by molar-refractivity contribution is 0.130. The lowest BCUT2D eigenvalue weighted by atomic mass is 10.1. The summed E-state index contributed by atoms with van der Waals surface area (Å²) in [6, 6.07) is 1.97. The first kappa shape index (κ1) is 12.2. The topological polar surface area (TPSA) is 47.3 Å². The Morgan fingerprint density at radius 2 is 2.33 bits per heavy atom. The maximum atomic E-state index is 9.92. The maximum absolute atomic E-state index is 9.92. The number of hydrogen-bond acceptors (Lipinski definition) is 3. The van der Waals surface area contributed by atoms with E-state index in [0.29, 0.717) is 6.61 Å². The molecule has 0 aliphatic heterocycles. The molecule has 0 saturated carbocycles. The largest absolute Gasteiger partial charge is 0.387 e. The summed E-state index contributed by atoms with van der Waals surface area (Å²) in [7, 11) is 3.54. The summed E-state index contributed by atoms with van der Waals surface area (Å²) >= 11 is 0. The van der Waals surface area contributed by atoms with Gasteiger partial charge < -0.3 is 9.84 Å². The first-order valence-electron chi connectivity index (χ1n) is 5.38. The van der Waals surface area contributed by atoms with Crippen LogP contribution in [0.5, 0.6) is 0 Å². The van der Waals surface area contributed by atoms with Crippen molar-refractivity contribution in [1.82, 2.24) is 9.78 Å². The van der Waals surface area contributed by atoms with Crippen molar-refractivity contribution in [3.63, 3.8) is 0 Å². The highest BCUT2D eigenvalue weighted by Gasteiger charge is 2.12. The van der Waals surface area contributed by atoms with E-state index < -0.39 is 6.10 Å². The fourth-order valence-electron chi connectivity index (χ4n) is 1.60. The quantitative estimate of drug-likeness (QED) is 0.726. The van der Waals surface area contributed by atoms with Gasteiger partial charge in [-0.2, -0.15) is 5.10 Å². The van der Waals surface area contributed by atoms with Gasteiger partial charge in [0.1, 0.15) is 0 Å². The summed E-state index contributed by atoms with van der Waals surface area (Å²) < 4.78 is 6.71. The zero-order valence-electron chi connectivity index (χ0n) is 9.73. The molecule has 86 valence electrons. The standard InChI is InChI=1S/C11H20N2O2/c1-4-9-8-10(13(2)12-9)11(14)6-5-7-15-3/h8,11,14H,4-7H2,1-3H3. The van der Waals surface area contributed by atoms with Crippen molar-refractivity contribution < 1.29 is 9.84 Å². The van der Waals surface area contributed by atoms with Crippen LogP contribution in [0.1, 0.15) is 37.3 Å². The van der Waals surface area contributed by atoms with Crippen LogP contribution in [-0.4, -0.2) is 28.6 Å². The van der Waals surface area contributed by atoms with E-state index in [2.05, 4.69) is 12.0 Å². The number of ether oxygens (including phenoxy) is 1. The van der Waals surface area contributed by atoms with Crippen LogP contribution in [0.25, 0.3) is 0 Å². The summed E-state index contributed by atoms with van der Waals surface area (Å²) in [5, 5.41) is 14.2. The molecule has 0 spiro atoms. The molecule has 0 fully saturated rings. The first-order chi connectivity index (χ1) is 7.19. The number of rotatable bonds is 6. The normalized spacial score (nSPS) is 13.1. The second kappa shape index (κ2) is 5.88. The highest BCUT2D eigenvalue weighted by Crippen LogP contribution is 2.18. The van der Waals surface area contributed by atoms with Crippen LogP contribution in [0.2, 0.25) is 0 Å². The van der Waals surface area contributed by atoms with Crippen LogP contribution < -0.4 is 0 Å².